The van der Waals surface area contributed by atoms with E-state index in [-0.39, 0.29) is 5.38 Å². The van der Waals surface area contributed by atoms with Gasteiger partial charge in [0.1, 0.15) is 0 Å². The zero-order chi connectivity index (χ0) is 14.5. The Morgan fingerprint density at radius 2 is 1.75 bits per heavy atom. The predicted octanol–water partition coefficient (Wildman–Crippen LogP) is 5.27. The van der Waals surface area contributed by atoms with Gasteiger partial charge in [-0.3, -0.25) is 0 Å². The molecule has 0 aliphatic rings. The summed E-state index contributed by atoms with van der Waals surface area (Å²) in [7, 11) is 1.72. The molecule has 20 heavy (non-hydrogen) atoms. The number of ether oxygens (including phenoxy) is 1. The highest BCUT2D eigenvalue weighted by Gasteiger charge is 2.11. The standard InChI is InChI=1S/C17H18BrClO/c1-12-3-6-15(11-16(12)18)17(19)14-7-4-13(5-8-14)9-10-20-2/h3-8,11,17H,9-10H2,1-2H3. The summed E-state index contributed by atoms with van der Waals surface area (Å²) in [6.07, 6.45) is 0.930. The van der Waals surface area contributed by atoms with E-state index >= 15 is 0 Å². The second-order valence-electron chi connectivity index (χ2n) is 4.86. The van der Waals surface area contributed by atoms with E-state index in [9.17, 15) is 0 Å². The molecular weight excluding hydrogens is 336 g/mol. The molecule has 0 saturated heterocycles. The maximum absolute atomic E-state index is 6.57. The fraction of sp³-hybridized carbons (Fsp3) is 0.294. The third-order valence-corrected chi connectivity index (χ3v) is 4.71. The highest BCUT2D eigenvalue weighted by molar-refractivity contribution is 9.10. The van der Waals surface area contributed by atoms with Crippen LogP contribution < -0.4 is 0 Å². The Bertz CT molecular complexity index is 566. The number of benzene rings is 2. The lowest BCUT2D eigenvalue weighted by Gasteiger charge is -2.12. The molecule has 106 valence electrons. The number of alkyl halides is 1. The van der Waals surface area contributed by atoms with Gasteiger partial charge >= 0.3 is 0 Å². The van der Waals surface area contributed by atoms with E-state index in [4.69, 9.17) is 16.3 Å². The molecule has 0 heterocycles. The first-order chi connectivity index (χ1) is 9.61. The first kappa shape index (κ1) is 15.6. The van der Waals surface area contributed by atoms with Gasteiger partial charge in [-0.15, -0.1) is 11.6 Å². The summed E-state index contributed by atoms with van der Waals surface area (Å²) in [5.74, 6) is 0. The van der Waals surface area contributed by atoms with E-state index in [1.54, 1.807) is 7.11 Å². The fourth-order valence-electron chi connectivity index (χ4n) is 2.03. The van der Waals surface area contributed by atoms with E-state index in [0.717, 1.165) is 28.6 Å². The molecule has 0 aromatic heterocycles. The summed E-state index contributed by atoms with van der Waals surface area (Å²) >= 11 is 10.1. The highest BCUT2D eigenvalue weighted by atomic mass is 79.9. The van der Waals surface area contributed by atoms with E-state index in [2.05, 4.69) is 65.3 Å². The van der Waals surface area contributed by atoms with Crippen LogP contribution in [0.15, 0.2) is 46.9 Å². The summed E-state index contributed by atoms with van der Waals surface area (Å²) in [6, 6.07) is 14.7. The molecule has 1 unspecified atom stereocenters. The topological polar surface area (TPSA) is 9.23 Å². The molecule has 0 saturated carbocycles. The molecule has 0 N–H and O–H groups in total. The molecule has 0 spiro atoms. The summed E-state index contributed by atoms with van der Waals surface area (Å²) < 4.78 is 6.18. The van der Waals surface area contributed by atoms with Crippen molar-refractivity contribution in [1.82, 2.24) is 0 Å². The van der Waals surface area contributed by atoms with Crippen molar-refractivity contribution >= 4 is 27.5 Å². The molecular formula is C17H18BrClO. The third-order valence-electron chi connectivity index (χ3n) is 3.36. The van der Waals surface area contributed by atoms with Crippen LogP contribution in [-0.2, 0) is 11.2 Å². The van der Waals surface area contributed by atoms with E-state index < -0.39 is 0 Å². The van der Waals surface area contributed by atoms with Gasteiger partial charge in [-0.2, -0.15) is 0 Å². The molecule has 2 aromatic carbocycles. The fourth-order valence-corrected chi connectivity index (χ4v) is 2.71. The molecule has 3 heteroatoms. The quantitative estimate of drug-likeness (QED) is 0.665. The van der Waals surface area contributed by atoms with Gasteiger partial charge in [0.05, 0.1) is 12.0 Å². The number of aryl methyl sites for hydroxylation is 1. The molecule has 2 aromatic rings. The van der Waals surface area contributed by atoms with Crippen molar-refractivity contribution in [1.29, 1.82) is 0 Å². The van der Waals surface area contributed by atoms with Crippen molar-refractivity contribution in [2.75, 3.05) is 13.7 Å². The van der Waals surface area contributed by atoms with Crippen LogP contribution in [0.1, 0.15) is 27.6 Å². The van der Waals surface area contributed by atoms with Crippen LogP contribution in [0.4, 0.5) is 0 Å². The van der Waals surface area contributed by atoms with E-state index in [0.29, 0.717) is 0 Å². The van der Waals surface area contributed by atoms with Gasteiger partial charge in [0.15, 0.2) is 0 Å². The van der Waals surface area contributed by atoms with Crippen molar-refractivity contribution in [2.45, 2.75) is 18.7 Å². The van der Waals surface area contributed by atoms with Crippen LogP contribution in [0.3, 0.4) is 0 Å². The van der Waals surface area contributed by atoms with Gasteiger partial charge in [-0.1, -0.05) is 52.3 Å². The summed E-state index contributed by atoms with van der Waals surface area (Å²) in [6.45, 7) is 2.82. The third kappa shape index (κ3) is 3.85. The Labute approximate surface area is 134 Å². The lowest BCUT2D eigenvalue weighted by atomic mass is 10.0. The lowest BCUT2D eigenvalue weighted by molar-refractivity contribution is 0.202. The Morgan fingerprint density at radius 3 is 2.35 bits per heavy atom. The summed E-state index contributed by atoms with van der Waals surface area (Å²) in [4.78, 5) is 0. The van der Waals surface area contributed by atoms with Gasteiger partial charge in [-0.05, 0) is 41.7 Å². The average Bonchev–Trinajstić information content (AvgIpc) is 2.48. The minimum absolute atomic E-state index is 0.122. The maximum atomic E-state index is 6.57. The summed E-state index contributed by atoms with van der Waals surface area (Å²) in [5.41, 5.74) is 4.70. The molecule has 2 rings (SSSR count). The minimum atomic E-state index is -0.122. The van der Waals surface area contributed by atoms with Gasteiger partial charge < -0.3 is 4.74 Å². The minimum Gasteiger partial charge on any atom is -0.384 e. The number of halogens is 2. The Balaban J connectivity index is 2.15. The molecule has 0 amide bonds. The molecule has 0 aliphatic carbocycles. The van der Waals surface area contributed by atoms with Crippen molar-refractivity contribution < 1.29 is 4.74 Å². The van der Waals surface area contributed by atoms with Crippen LogP contribution in [-0.4, -0.2) is 13.7 Å². The van der Waals surface area contributed by atoms with Crippen molar-refractivity contribution in [3.63, 3.8) is 0 Å². The van der Waals surface area contributed by atoms with Gasteiger partial charge in [0.2, 0.25) is 0 Å². The lowest BCUT2D eigenvalue weighted by Crippen LogP contribution is -1.97. The second-order valence-corrected chi connectivity index (χ2v) is 6.15. The second kappa shape index (κ2) is 7.26. The molecule has 0 bridgehead atoms. The predicted molar refractivity (Wildman–Crippen MR) is 88.6 cm³/mol. The zero-order valence-electron chi connectivity index (χ0n) is 11.7. The zero-order valence-corrected chi connectivity index (χ0v) is 14.0. The molecule has 1 nitrogen and oxygen atoms in total. The summed E-state index contributed by atoms with van der Waals surface area (Å²) in [5, 5.41) is -0.122. The molecule has 0 fully saturated rings. The number of hydrogen-bond acceptors (Lipinski definition) is 1. The Hall–Kier alpha value is -0.830. The van der Waals surface area contributed by atoms with Gasteiger partial charge in [0.25, 0.3) is 0 Å². The van der Waals surface area contributed by atoms with Crippen LogP contribution in [0.5, 0.6) is 0 Å². The monoisotopic (exact) mass is 352 g/mol. The number of hydrogen-bond donors (Lipinski definition) is 0. The molecule has 0 aliphatic heterocycles. The Morgan fingerprint density at radius 1 is 1.10 bits per heavy atom. The Kier molecular flexibility index (Phi) is 5.64. The van der Waals surface area contributed by atoms with Crippen molar-refractivity contribution in [3.8, 4) is 0 Å². The first-order valence-corrected chi connectivity index (χ1v) is 7.82. The van der Waals surface area contributed by atoms with E-state index in [1.165, 1.54) is 11.1 Å². The van der Waals surface area contributed by atoms with Crippen LogP contribution in [0.25, 0.3) is 0 Å². The van der Waals surface area contributed by atoms with Crippen LogP contribution >= 0.6 is 27.5 Å². The SMILES string of the molecule is COCCc1ccc(C(Cl)c2ccc(C)c(Br)c2)cc1. The van der Waals surface area contributed by atoms with Gasteiger partial charge in [0, 0.05) is 11.6 Å². The first-order valence-electron chi connectivity index (χ1n) is 6.59. The normalized spacial score (nSPS) is 12.4. The molecule has 0 radical (unpaired) electrons. The molecule has 1 atom stereocenters. The smallest absolute Gasteiger partial charge is 0.0835 e. The number of rotatable bonds is 5. The van der Waals surface area contributed by atoms with Gasteiger partial charge in [-0.25, -0.2) is 0 Å². The van der Waals surface area contributed by atoms with Crippen LogP contribution in [0, 0.1) is 6.92 Å². The van der Waals surface area contributed by atoms with Crippen molar-refractivity contribution in [2.24, 2.45) is 0 Å². The maximum Gasteiger partial charge on any atom is 0.0835 e. The average molecular weight is 354 g/mol. The van der Waals surface area contributed by atoms with Crippen molar-refractivity contribution in [3.05, 3.63) is 69.2 Å². The number of methoxy groups -OCH3 is 1. The highest BCUT2D eigenvalue weighted by Crippen LogP contribution is 2.31. The van der Waals surface area contributed by atoms with Crippen LogP contribution in [0.2, 0.25) is 0 Å². The van der Waals surface area contributed by atoms with E-state index in [1.807, 2.05) is 0 Å². The largest absolute Gasteiger partial charge is 0.384 e.